The number of benzene rings is 1. The van der Waals surface area contributed by atoms with E-state index in [1.165, 1.54) is 18.6 Å². The molecular formula is C19H28F2N2O2. The minimum atomic E-state index is -2.82. The fraction of sp³-hybridized carbons (Fsp3) is 0.632. The van der Waals surface area contributed by atoms with Crippen molar-refractivity contribution in [1.82, 2.24) is 9.80 Å². The van der Waals surface area contributed by atoms with Crippen LogP contribution >= 0.6 is 0 Å². The first-order chi connectivity index (χ1) is 11.9. The van der Waals surface area contributed by atoms with Crippen LogP contribution in [-0.2, 0) is 11.3 Å². The van der Waals surface area contributed by atoms with E-state index in [0.717, 1.165) is 31.4 Å². The van der Waals surface area contributed by atoms with Gasteiger partial charge in [0.15, 0.2) is 0 Å². The number of rotatable bonds is 7. The maximum Gasteiger partial charge on any atom is 0.387 e. The lowest BCUT2D eigenvalue weighted by molar-refractivity contribution is -0.140. The van der Waals surface area contributed by atoms with E-state index in [4.69, 9.17) is 0 Å². The van der Waals surface area contributed by atoms with Crippen LogP contribution in [0.4, 0.5) is 8.78 Å². The number of likely N-dealkylation sites (N-methyl/N-ethyl adjacent to an activating group) is 1. The molecule has 4 nitrogen and oxygen atoms in total. The third-order valence-electron chi connectivity index (χ3n) is 4.98. The smallest absolute Gasteiger partial charge is 0.387 e. The van der Waals surface area contributed by atoms with Gasteiger partial charge < -0.3 is 9.64 Å². The van der Waals surface area contributed by atoms with Crippen molar-refractivity contribution >= 4 is 5.91 Å². The van der Waals surface area contributed by atoms with Gasteiger partial charge in [0.25, 0.3) is 0 Å². The van der Waals surface area contributed by atoms with Gasteiger partial charge in [0.05, 0.1) is 6.04 Å². The van der Waals surface area contributed by atoms with Gasteiger partial charge in [0.2, 0.25) is 5.91 Å². The molecule has 0 N–H and O–H groups in total. The summed E-state index contributed by atoms with van der Waals surface area (Å²) >= 11 is 0. The number of ether oxygens (including phenoxy) is 1. The maximum atomic E-state index is 12.9. The Labute approximate surface area is 148 Å². The van der Waals surface area contributed by atoms with Crippen molar-refractivity contribution in [2.45, 2.75) is 64.8 Å². The van der Waals surface area contributed by atoms with E-state index < -0.39 is 6.61 Å². The highest BCUT2D eigenvalue weighted by atomic mass is 19.3. The van der Waals surface area contributed by atoms with Crippen molar-refractivity contribution in [3.63, 3.8) is 0 Å². The molecule has 0 aliphatic carbocycles. The Hall–Kier alpha value is -1.69. The molecule has 6 heteroatoms. The third-order valence-corrected chi connectivity index (χ3v) is 4.98. The highest BCUT2D eigenvalue weighted by Crippen LogP contribution is 2.22. The number of carbonyl (C=O) groups excluding carboxylic acids is 1. The Balaban J connectivity index is 1.94. The van der Waals surface area contributed by atoms with Crippen LogP contribution in [0.2, 0.25) is 0 Å². The highest BCUT2D eigenvalue weighted by Gasteiger charge is 2.30. The summed E-state index contributed by atoms with van der Waals surface area (Å²) in [4.78, 5) is 16.9. The summed E-state index contributed by atoms with van der Waals surface area (Å²) in [7, 11) is 1.91. The minimum absolute atomic E-state index is 0.143. The largest absolute Gasteiger partial charge is 0.435 e. The Morgan fingerprint density at radius 3 is 2.60 bits per heavy atom. The van der Waals surface area contributed by atoms with E-state index in [9.17, 15) is 13.6 Å². The fourth-order valence-electron chi connectivity index (χ4n) is 3.34. The van der Waals surface area contributed by atoms with Gasteiger partial charge in [0, 0.05) is 19.1 Å². The molecule has 0 aromatic heterocycles. The molecule has 1 aliphatic rings. The van der Waals surface area contributed by atoms with E-state index in [-0.39, 0.29) is 17.7 Å². The molecule has 1 heterocycles. The first-order valence-electron chi connectivity index (χ1n) is 8.96. The predicted molar refractivity (Wildman–Crippen MR) is 93.6 cm³/mol. The molecule has 1 amide bonds. The van der Waals surface area contributed by atoms with Gasteiger partial charge in [-0.15, -0.1) is 0 Å². The number of hydrogen-bond acceptors (Lipinski definition) is 3. The van der Waals surface area contributed by atoms with E-state index in [2.05, 4.69) is 11.7 Å². The molecule has 0 radical (unpaired) electrons. The van der Waals surface area contributed by atoms with Crippen molar-refractivity contribution in [3.05, 3.63) is 29.8 Å². The molecule has 0 saturated carbocycles. The van der Waals surface area contributed by atoms with Crippen LogP contribution in [0.1, 0.15) is 45.1 Å². The lowest BCUT2D eigenvalue weighted by Crippen LogP contribution is -2.51. The monoisotopic (exact) mass is 354 g/mol. The van der Waals surface area contributed by atoms with Gasteiger partial charge in [-0.3, -0.25) is 9.69 Å². The number of carbonyl (C=O) groups is 1. The van der Waals surface area contributed by atoms with Crippen molar-refractivity contribution < 1.29 is 18.3 Å². The number of hydrogen-bond donors (Lipinski definition) is 0. The first-order valence-corrected chi connectivity index (χ1v) is 8.96. The number of halogens is 2. The lowest BCUT2D eigenvalue weighted by atomic mass is 9.99. The Morgan fingerprint density at radius 1 is 1.32 bits per heavy atom. The molecule has 2 atom stereocenters. The summed E-state index contributed by atoms with van der Waals surface area (Å²) < 4.78 is 28.7. The van der Waals surface area contributed by atoms with E-state index in [1.54, 1.807) is 12.1 Å². The average molecular weight is 354 g/mol. The molecule has 140 valence electrons. The van der Waals surface area contributed by atoms with E-state index in [0.29, 0.717) is 12.6 Å². The molecule has 0 bridgehead atoms. The molecule has 1 aliphatic heterocycles. The van der Waals surface area contributed by atoms with E-state index >= 15 is 0 Å². The maximum absolute atomic E-state index is 12.9. The fourth-order valence-corrected chi connectivity index (χ4v) is 3.34. The number of nitrogens with zero attached hydrogens (tertiary/aromatic N) is 2. The summed E-state index contributed by atoms with van der Waals surface area (Å²) in [5.74, 6) is 0.316. The minimum Gasteiger partial charge on any atom is -0.435 e. The standard InChI is InChI=1S/C19H28F2N2O2/c1-4-16-7-5-6-12-23(16)18(24)14(2)22(3)13-15-8-10-17(11-9-15)25-19(20)21/h8-11,14,16,19H,4-7,12-13H2,1-3H3. The van der Waals surface area contributed by atoms with Crippen LogP contribution < -0.4 is 4.74 Å². The second kappa shape index (κ2) is 9.13. The van der Waals surface area contributed by atoms with Gasteiger partial charge in [-0.25, -0.2) is 0 Å². The molecule has 0 spiro atoms. The van der Waals surface area contributed by atoms with Gasteiger partial charge in [-0.2, -0.15) is 8.78 Å². The zero-order valence-corrected chi connectivity index (χ0v) is 15.3. The summed E-state index contributed by atoms with van der Waals surface area (Å²) in [5, 5.41) is 0. The molecule has 1 fully saturated rings. The van der Waals surface area contributed by atoms with Crippen LogP contribution in [0.3, 0.4) is 0 Å². The van der Waals surface area contributed by atoms with Gasteiger partial charge in [0.1, 0.15) is 5.75 Å². The molecule has 1 aromatic rings. The molecule has 1 saturated heterocycles. The second-order valence-electron chi connectivity index (χ2n) is 6.70. The highest BCUT2D eigenvalue weighted by molar-refractivity contribution is 5.81. The summed E-state index contributed by atoms with van der Waals surface area (Å²) in [5.41, 5.74) is 0.953. The topological polar surface area (TPSA) is 32.8 Å². The van der Waals surface area contributed by atoms with Crippen LogP contribution in [0.15, 0.2) is 24.3 Å². The van der Waals surface area contributed by atoms with Crippen LogP contribution in [0.5, 0.6) is 5.75 Å². The SMILES string of the molecule is CCC1CCCCN1C(=O)C(C)N(C)Cc1ccc(OC(F)F)cc1. The number of amides is 1. The average Bonchev–Trinajstić information content (AvgIpc) is 2.61. The van der Waals surface area contributed by atoms with Gasteiger partial charge in [-0.1, -0.05) is 19.1 Å². The Morgan fingerprint density at radius 2 is 2.00 bits per heavy atom. The molecule has 25 heavy (non-hydrogen) atoms. The lowest BCUT2D eigenvalue weighted by Gasteiger charge is -2.38. The molecule has 2 unspecified atom stereocenters. The van der Waals surface area contributed by atoms with Crippen molar-refractivity contribution in [3.8, 4) is 5.75 Å². The first kappa shape index (κ1) is 19.6. The van der Waals surface area contributed by atoms with Crippen LogP contribution in [0, 0.1) is 0 Å². The molecule has 1 aromatic carbocycles. The normalized spacial score (nSPS) is 19.3. The summed E-state index contributed by atoms with van der Waals surface area (Å²) in [6.45, 7) is 2.66. The van der Waals surface area contributed by atoms with Crippen molar-refractivity contribution in [1.29, 1.82) is 0 Å². The van der Waals surface area contributed by atoms with E-state index in [1.807, 2.05) is 23.8 Å². The Bertz CT molecular complexity index is 551. The van der Waals surface area contributed by atoms with Crippen molar-refractivity contribution in [2.75, 3.05) is 13.6 Å². The zero-order valence-electron chi connectivity index (χ0n) is 15.3. The number of piperidine rings is 1. The molecule has 2 rings (SSSR count). The molecular weight excluding hydrogens is 326 g/mol. The number of alkyl halides is 2. The quantitative estimate of drug-likeness (QED) is 0.744. The third kappa shape index (κ3) is 5.39. The predicted octanol–water partition coefficient (Wildman–Crippen LogP) is 3.90. The number of likely N-dealkylation sites (tertiary alicyclic amines) is 1. The van der Waals surface area contributed by atoms with Gasteiger partial charge in [-0.05, 0) is 57.4 Å². The van der Waals surface area contributed by atoms with Crippen molar-refractivity contribution in [2.24, 2.45) is 0 Å². The summed E-state index contributed by atoms with van der Waals surface area (Å²) in [6.07, 6.45) is 4.35. The summed E-state index contributed by atoms with van der Waals surface area (Å²) in [6, 6.07) is 6.69. The Kier molecular flexibility index (Phi) is 7.17. The van der Waals surface area contributed by atoms with Crippen LogP contribution in [-0.4, -0.2) is 48.0 Å². The second-order valence-corrected chi connectivity index (χ2v) is 6.70. The van der Waals surface area contributed by atoms with Crippen LogP contribution in [0.25, 0.3) is 0 Å². The zero-order chi connectivity index (χ0) is 18.4. The van der Waals surface area contributed by atoms with Gasteiger partial charge >= 0.3 is 6.61 Å².